The van der Waals surface area contributed by atoms with E-state index < -0.39 is 0 Å². The molecule has 1 aromatic carbocycles. The van der Waals surface area contributed by atoms with Crippen molar-refractivity contribution >= 4 is 22.9 Å². The number of nitrogens with zero attached hydrogens (tertiary/aromatic N) is 4. The fourth-order valence-electron chi connectivity index (χ4n) is 2.81. The molecule has 7 heteroatoms. The molecule has 0 spiro atoms. The van der Waals surface area contributed by atoms with Gasteiger partial charge in [-0.3, -0.25) is 4.79 Å². The maximum absolute atomic E-state index is 12.9. The lowest BCUT2D eigenvalue weighted by Gasteiger charge is -2.34. The summed E-state index contributed by atoms with van der Waals surface area (Å²) in [7, 11) is 0. The zero-order chi connectivity index (χ0) is 17.1. The summed E-state index contributed by atoms with van der Waals surface area (Å²) in [6, 6.07) is 7.49. The minimum atomic E-state index is -0.326. The molecule has 3 rings (SSSR count). The number of aryl methyl sites for hydroxylation is 1. The van der Waals surface area contributed by atoms with Gasteiger partial charge in [-0.15, -0.1) is 0 Å². The summed E-state index contributed by atoms with van der Waals surface area (Å²) in [5.41, 5.74) is 1.18. The molecule has 0 bridgehead atoms. The number of hydrogen-bond donors (Lipinski definition) is 0. The van der Waals surface area contributed by atoms with Gasteiger partial charge in [0.1, 0.15) is 11.5 Å². The van der Waals surface area contributed by atoms with E-state index in [0.717, 1.165) is 10.9 Å². The number of carbonyl (C=O) groups is 2. The summed E-state index contributed by atoms with van der Waals surface area (Å²) in [5, 5.41) is 0.751. The quantitative estimate of drug-likeness (QED) is 0.841. The van der Waals surface area contributed by atoms with Crippen LogP contribution in [0.4, 0.5) is 4.79 Å². The van der Waals surface area contributed by atoms with Crippen molar-refractivity contribution in [3.63, 3.8) is 0 Å². The van der Waals surface area contributed by atoms with Gasteiger partial charge in [-0.2, -0.15) is 0 Å². The highest BCUT2D eigenvalue weighted by Crippen LogP contribution is 2.18. The van der Waals surface area contributed by atoms with E-state index in [1.165, 1.54) is 0 Å². The van der Waals surface area contributed by atoms with Gasteiger partial charge in [-0.05, 0) is 19.9 Å². The Morgan fingerprint density at radius 1 is 1.08 bits per heavy atom. The van der Waals surface area contributed by atoms with Crippen LogP contribution in [0.15, 0.2) is 24.3 Å². The fourth-order valence-corrected chi connectivity index (χ4v) is 2.81. The fraction of sp³-hybridized carbons (Fsp3) is 0.412. The molecular formula is C17H20N4O3. The lowest BCUT2D eigenvalue weighted by molar-refractivity contribution is 0.0567. The van der Waals surface area contributed by atoms with E-state index in [2.05, 4.69) is 9.97 Å². The number of fused-ring (bicyclic) bond motifs is 1. The van der Waals surface area contributed by atoms with Gasteiger partial charge in [0.05, 0.1) is 12.1 Å². The highest BCUT2D eigenvalue weighted by atomic mass is 16.6. The zero-order valence-electron chi connectivity index (χ0n) is 13.9. The molecule has 2 amide bonds. The van der Waals surface area contributed by atoms with Gasteiger partial charge >= 0.3 is 6.09 Å². The molecule has 0 atom stereocenters. The average Bonchev–Trinajstić information content (AvgIpc) is 2.60. The van der Waals surface area contributed by atoms with Gasteiger partial charge in [-0.25, -0.2) is 14.8 Å². The largest absolute Gasteiger partial charge is 0.450 e. The summed E-state index contributed by atoms with van der Waals surface area (Å²) in [6.45, 7) is 5.77. The van der Waals surface area contributed by atoms with Crippen LogP contribution in [0.2, 0.25) is 0 Å². The zero-order valence-corrected chi connectivity index (χ0v) is 13.9. The molecule has 2 heterocycles. The Hall–Kier alpha value is -2.70. The number of rotatable bonds is 2. The van der Waals surface area contributed by atoms with Crippen LogP contribution in [0.1, 0.15) is 23.2 Å². The summed E-state index contributed by atoms with van der Waals surface area (Å²) < 4.78 is 5.00. The molecule has 1 fully saturated rings. The maximum Gasteiger partial charge on any atom is 0.409 e. The summed E-state index contributed by atoms with van der Waals surface area (Å²) in [6.07, 6.45) is -0.326. The Morgan fingerprint density at radius 2 is 1.75 bits per heavy atom. The Bertz CT molecular complexity index is 770. The van der Waals surface area contributed by atoms with E-state index >= 15 is 0 Å². The third-order valence-electron chi connectivity index (χ3n) is 4.01. The summed E-state index contributed by atoms with van der Waals surface area (Å²) in [5.74, 6) is 0.447. The predicted octanol–water partition coefficient (Wildman–Crippen LogP) is 1.85. The van der Waals surface area contributed by atoms with Gasteiger partial charge in [-0.1, -0.05) is 18.2 Å². The maximum atomic E-state index is 12.9. The van der Waals surface area contributed by atoms with Gasteiger partial charge in [0.15, 0.2) is 0 Å². The number of hydrogen-bond acceptors (Lipinski definition) is 5. The molecule has 7 nitrogen and oxygen atoms in total. The topological polar surface area (TPSA) is 75.6 Å². The predicted molar refractivity (Wildman–Crippen MR) is 88.8 cm³/mol. The lowest BCUT2D eigenvalue weighted by atomic mass is 10.1. The van der Waals surface area contributed by atoms with E-state index in [1.807, 2.05) is 24.3 Å². The summed E-state index contributed by atoms with van der Waals surface area (Å²) in [4.78, 5) is 36.7. The van der Waals surface area contributed by atoms with E-state index in [-0.39, 0.29) is 12.0 Å². The third kappa shape index (κ3) is 3.15. The molecule has 0 unspecified atom stereocenters. The first-order valence-corrected chi connectivity index (χ1v) is 8.04. The van der Waals surface area contributed by atoms with Crippen molar-refractivity contribution in [2.24, 2.45) is 0 Å². The average molecular weight is 328 g/mol. The molecule has 1 saturated heterocycles. The third-order valence-corrected chi connectivity index (χ3v) is 4.01. The first-order valence-electron chi connectivity index (χ1n) is 8.04. The molecule has 1 aromatic heterocycles. The van der Waals surface area contributed by atoms with E-state index in [4.69, 9.17) is 4.74 Å². The number of ether oxygens (including phenoxy) is 1. The van der Waals surface area contributed by atoms with E-state index in [0.29, 0.717) is 44.3 Å². The lowest BCUT2D eigenvalue weighted by Crippen LogP contribution is -2.50. The van der Waals surface area contributed by atoms with Crippen LogP contribution in [0.5, 0.6) is 0 Å². The van der Waals surface area contributed by atoms with Crippen molar-refractivity contribution in [1.29, 1.82) is 0 Å². The second kappa shape index (κ2) is 6.82. The molecule has 0 radical (unpaired) electrons. The van der Waals surface area contributed by atoms with Gasteiger partial charge < -0.3 is 14.5 Å². The monoisotopic (exact) mass is 328 g/mol. The number of para-hydroxylation sites is 1. The van der Waals surface area contributed by atoms with E-state index in [1.54, 1.807) is 23.6 Å². The minimum Gasteiger partial charge on any atom is -0.450 e. The van der Waals surface area contributed by atoms with Crippen molar-refractivity contribution in [3.05, 3.63) is 35.8 Å². The standard InChI is InChI=1S/C17H20N4O3/c1-3-24-17(23)21-10-8-20(9-11-21)16(22)15-13-6-4-5-7-14(13)18-12(2)19-15/h4-7H,3,8-11H2,1-2H3. The van der Waals surface area contributed by atoms with Crippen molar-refractivity contribution in [1.82, 2.24) is 19.8 Å². The molecule has 1 aliphatic heterocycles. The van der Waals surface area contributed by atoms with Gasteiger partial charge in [0.25, 0.3) is 5.91 Å². The normalized spacial score (nSPS) is 14.8. The molecule has 0 saturated carbocycles. The molecule has 24 heavy (non-hydrogen) atoms. The Labute approximate surface area is 140 Å². The SMILES string of the molecule is CCOC(=O)N1CCN(C(=O)c2nc(C)nc3ccccc23)CC1. The minimum absolute atomic E-state index is 0.125. The second-order valence-corrected chi connectivity index (χ2v) is 5.61. The van der Waals surface area contributed by atoms with Crippen molar-refractivity contribution < 1.29 is 14.3 Å². The van der Waals surface area contributed by atoms with Crippen molar-refractivity contribution in [3.8, 4) is 0 Å². The number of aromatic nitrogens is 2. The smallest absolute Gasteiger partial charge is 0.409 e. The van der Waals surface area contributed by atoms with Crippen LogP contribution in [0, 0.1) is 6.92 Å². The first kappa shape index (κ1) is 16.2. The Morgan fingerprint density at radius 3 is 2.46 bits per heavy atom. The van der Waals surface area contributed by atoms with Crippen LogP contribution in [0.3, 0.4) is 0 Å². The second-order valence-electron chi connectivity index (χ2n) is 5.61. The highest BCUT2D eigenvalue weighted by Gasteiger charge is 2.27. The van der Waals surface area contributed by atoms with Gasteiger partial charge in [0, 0.05) is 31.6 Å². The van der Waals surface area contributed by atoms with Crippen molar-refractivity contribution in [2.75, 3.05) is 32.8 Å². The first-order chi connectivity index (χ1) is 11.6. The van der Waals surface area contributed by atoms with Crippen LogP contribution in [-0.2, 0) is 4.74 Å². The van der Waals surface area contributed by atoms with Crippen LogP contribution < -0.4 is 0 Å². The number of benzene rings is 1. The Balaban J connectivity index is 1.78. The van der Waals surface area contributed by atoms with E-state index in [9.17, 15) is 9.59 Å². The summed E-state index contributed by atoms with van der Waals surface area (Å²) >= 11 is 0. The molecule has 1 aliphatic rings. The van der Waals surface area contributed by atoms with Crippen LogP contribution in [0.25, 0.3) is 10.9 Å². The van der Waals surface area contributed by atoms with Crippen molar-refractivity contribution in [2.45, 2.75) is 13.8 Å². The van der Waals surface area contributed by atoms with Crippen LogP contribution >= 0.6 is 0 Å². The molecule has 0 aliphatic carbocycles. The molecule has 126 valence electrons. The number of carbonyl (C=O) groups excluding carboxylic acids is 2. The molecule has 0 N–H and O–H groups in total. The Kier molecular flexibility index (Phi) is 4.59. The van der Waals surface area contributed by atoms with Gasteiger partial charge in [0.2, 0.25) is 0 Å². The molecular weight excluding hydrogens is 308 g/mol. The molecule has 2 aromatic rings. The number of piperazine rings is 1. The highest BCUT2D eigenvalue weighted by molar-refractivity contribution is 6.04. The van der Waals surface area contributed by atoms with Crippen LogP contribution in [-0.4, -0.2) is 64.6 Å². The number of amides is 2.